The minimum absolute atomic E-state index is 0.0527. The molecule has 0 radical (unpaired) electrons. The van der Waals surface area contributed by atoms with Crippen LogP contribution < -0.4 is 10.1 Å². The molecule has 0 bridgehead atoms. The van der Waals surface area contributed by atoms with Crippen LogP contribution in [0.4, 0.5) is 0 Å². The Morgan fingerprint density at radius 2 is 2.00 bits per heavy atom. The second-order valence-corrected chi connectivity index (χ2v) is 2.99. The summed E-state index contributed by atoms with van der Waals surface area (Å²) in [7, 11) is 1.28. The normalized spacial score (nSPS) is 9.88. The zero-order valence-electron chi connectivity index (χ0n) is 8.73. The summed E-state index contributed by atoms with van der Waals surface area (Å²) in [5.41, 5.74) is -0.157. The van der Waals surface area contributed by atoms with E-state index < -0.39 is 5.91 Å². The average Bonchev–Trinajstić information content (AvgIpc) is 2.28. The van der Waals surface area contributed by atoms with E-state index in [4.69, 9.17) is 9.84 Å². The zero-order chi connectivity index (χ0) is 12.1. The number of benzene rings is 1. The fourth-order valence-corrected chi connectivity index (χ4v) is 1.25. The second-order valence-electron chi connectivity index (χ2n) is 2.99. The lowest BCUT2D eigenvalue weighted by atomic mass is 10.1. The van der Waals surface area contributed by atoms with Crippen LogP contribution in [0.2, 0.25) is 0 Å². The number of aromatic hydroxyl groups is 2. The highest BCUT2D eigenvalue weighted by Gasteiger charge is 2.20. The first-order valence-corrected chi connectivity index (χ1v) is 4.59. The van der Waals surface area contributed by atoms with E-state index in [2.05, 4.69) is 5.32 Å². The van der Waals surface area contributed by atoms with Gasteiger partial charge in [0, 0.05) is 6.54 Å². The van der Waals surface area contributed by atoms with Crippen LogP contribution in [0.1, 0.15) is 10.4 Å². The predicted octanol–water partition coefficient (Wildman–Crippen LogP) is -0.172. The van der Waals surface area contributed by atoms with Gasteiger partial charge in [-0.05, 0) is 12.1 Å². The molecule has 0 atom stereocenters. The largest absolute Gasteiger partial charge is 0.507 e. The minimum Gasteiger partial charge on any atom is -0.507 e. The number of aliphatic hydroxyl groups is 1. The fourth-order valence-electron chi connectivity index (χ4n) is 1.25. The van der Waals surface area contributed by atoms with Crippen molar-refractivity contribution in [2.24, 2.45) is 0 Å². The van der Waals surface area contributed by atoms with Gasteiger partial charge in [-0.25, -0.2) is 0 Å². The Morgan fingerprint density at radius 1 is 1.38 bits per heavy atom. The fraction of sp³-hybridized carbons (Fsp3) is 0.300. The van der Waals surface area contributed by atoms with Crippen molar-refractivity contribution in [2.75, 3.05) is 20.3 Å². The van der Waals surface area contributed by atoms with Crippen LogP contribution in [0.5, 0.6) is 17.2 Å². The first-order valence-electron chi connectivity index (χ1n) is 4.59. The van der Waals surface area contributed by atoms with Gasteiger partial charge in [0.1, 0.15) is 11.3 Å². The lowest BCUT2D eigenvalue weighted by molar-refractivity contribution is 0.0938. The molecule has 0 aliphatic heterocycles. The zero-order valence-corrected chi connectivity index (χ0v) is 8.73. The molecule has 0 aromatic heterocycles. The maximum Gasteiger partial charge on any atom is 0.259 e. The van der Waals surface area contributed by atoms with E-state index in [1.165, 1.54) is 19.2 Å². The van der Waals surface area contributed by atoms with Gasteiger partial charge in [-0.3, -0.25) is 4.79 Å². The Balaban J connectivity index is 3.10. The quantitative estimate of drug-likeness (QED) is 0.535. The molecule has 1 aromatic rings. The molecular formula is C10H13NO5. The standard InChI is InChI=1S/C10H13NO5/c1-16-9-7(14)3-2-6(13)8(9)10(15)11-4-5-12/h2-3,12-14H,4-5H2,1H3,(H,11,15). The number of hydrogen-bond donors (Lipinski definition) is 4. The van der Waals surface area contributed by atoms with E-state index in [1.807, 2.05) is 0 Å². The number of phenolic OH excluding ortho intramolecular Hbond substituents is 2. The third-order valence-electron chi connectivity index (χ3n) is 1.94. The molecule has 1 amide bonds. The second kappa shape index (κ2) is 5.22. The Labute approximate surface area is 92.1 Å². The summed E-state index contributed by atoms with van der Waals surface area (Å²) in [4.78, 5) is 11.6. The van der Waals surface area contributed by atoms with Crippen LogP contribution in [-0.4, -0.2) is 41.5 Å². The molecule has 1 rings (SSSR count). The van der Waals surface area contributed by atoms with Crippen molar-refractivity contribution in [1.82, 2.24) is 5.32 Å². The molecule has 1 aromatic carbocycles. The Bertz CT molecular complexity index is 391. The summed E-state index contributed by atoms with van der Waals surface area (Å²) in [6.07, 6.45) is 0. The molecule has 0 saturated carbocycles. The van der Waals surface area contributed by atoms with Gasteiger partial charge in [-0.15, -0.1) is 0 Å². The lowest BCUT2D eigenvalue weighted by Gasteiger charge is -2.11. The summed E-state index contributed by atoms with van der Waals surface area (Å²) in [5.74, 6) is -1.27. The average molecular weight is 227 g/mol. The number of amides is 1. The molecule has 6 nitrogen and oxygen atoms in total. The number of methoxy groups -OCH3 is 1. The van der Waals surface area contributed by atoms with Gasteiger partial charge < -0.3 is 25.4 Å². The van der Waals surface area contributed by atoms with Crippen molar-refractivity contribution in [1.29, 1.82) is 0 Å². The molecule has 6 heteroatoms. The number of rotatable bonds is 4. The minimum atomic E-state index is -0.626. The summed E-state index contributed by atoms with van der Waals surface area (Å²) < 4.78 is 4.82. The number of aliphatic hydroxyl groups excluding tert-OH is 1. The van der Waals surface area contributed by atoms with Crippen molar-refractivity contribution in [3.8, 4) is 17.2 Å². The highest BCUT2D eigenvalue weighted by atomic mass is 16.5. The number of carbonyl (C=O) groups excluding carboxylic acids is 1. The van der Waals surface area contributed by atoms with E-state index in [-0.39, 0.29) is 36.0 Å². The van der Waals surface area contributed by atoms with Gasteiger partial charge in [-0.1, -0.05) is 0 Å². The monoisotopic (exact) mass is 227 g/mol. The topological polar surface area (TPSA) is 99.0 Å². The van der Waals surface area contributed by atoms with Crippen LogP contribution >= 0.6 is 0 Å². The highest BCUT2D eigenvalue weighted by Crippen LogP contribution is 2.35. The Hall–Kier alpha value is -1.95. The van der Waals surface area contributed by atoms with E-state index >= 15 is 0 Å². The molecule has 4 N–H and O–H groups in total. The number of ether oxygens (including phenoxy) is 1. The van der Waals surface area contributed by atoms with Crippen molar-refractivity contribution < 1.29 is 24.9 Å². The van der Waals surface area contributed by atoms with Crippen molar-refractivity contribution in [3.63, 3.8) is 0 Å². The van der Waals surface area contributed by atoms with E-state index in [1.54, 1.807) is 0 Å². The van der Waals surface area contributed by atoms with Crippen LogP contribution in [-0.2, 0) is 0 Å². The summed E-state index contributed by atoms with van der Waals surface area (Å²) in [5, 5.41) is 29.8. The first kappa shape index (κ1) is 12.1. The Kier molecular flexibility index (Phi) is 3.96. The van der Waals surface area contributed by atoms with Gasteiger partial charge in [0.2, 0.25) is 0 Å². The van der Waals surface area contributed by atoms with Gasteiger partial charge in [-0.2, -0.15) is 0 Å². The number of carbonyl (C=O) groups is 1. The van der Waals surface area contributed by atoms with Crippen molar-refractivity contribution in [2.45, 2.75) is 0 Å². The summed E-state index contributed by atoms with van der Waals surface area (Å²) in [6, 6.07) is 2.41. The van der Waals surface area contributed by atoms with E-state index in [9.17, 15) is 15.0 Å². The van der Waals surface area contributed by atoms with Crippen molar-refractivity contribution in [3.05, 3.63) is 17.7 Å². The Morgan fingerprint density at radius 3 is 2.56 bits per heavy atom. The van der Waals surface area contributed by atoms with Crippen molar-refractivity contribution >= 4 is 5.91 Å². The summed E-state index contributed by atoms with van der Waals surface area (Å²) in [6.45, 7) is -0.162. The van der Waals surface area contributed by atoms with Crippen LogP contribution in [0.3, 0.4) is 0 Å². The van der Waals surface area contributed by atoms with Crippen LogP contribution in [0, 0.1) is 0 Å². The third-order valence-corrected chi connectivity index (χ3v) is 1.94. The SMILES string of the molecule is COc1c(O)ccc(O)c1C(=O)NCCO. The number of phenols is 2. The van der Waals surface area contributed by atoms with Gasteiger partial charge in [0.25, 0.3) is 5.91 Å². The van der Waals surface area contributed by atoms with Crippen LogP contribution in [0.25, 0.3) is 0 Å². The number of nitrogens with one attached hydrogen (secondary N) is 1. The molecule has 88 valence electrons. The molecule has 0 heterocycles. The molecule has 0 fully saturated rings. The maximum absolute atomic E-state index is 11.6. The first-order chi connectivity index (χ1) is 7.61. The molecule has 0 saturated heterocycles. The summed E-state index contributed by atoms with van der Waals surface area (Å²) >= 11 is 0. The number of hydrogen-bond acceptors (Lipinski definition) is 5. The molecule has 0 aliphatic rings. The van der Waals surface area contributed by atoms with E-state index in [0.29, 0.717) is 0 Å². The molecular weight excluding hydrogens is 214 g/mol. The van der Waals surface area contributed by atoms with E-state index in [0.717, 1.165) is 0 Å². The molecule has 0 unspecified atom stereocenters. The predicted molar refractivity (Wildman–Crippen MR) is 55.7 cm³/mol. The van der Waals surface area contributed by atoms with Gasteiger partial charge in [0.05, 0.1) is 13.7 Å². The lowest BCUT2D eigenvalue weighted by Crippen LogP contribution is -2.26. The van der Waals surface area contributed by atoms with Gasteiger partial charge in [0.15, 0.2) is 11.5 Å². The molecule has 0 spiro atoms. The molecule has 16 heavy (non-hydrogen) atoms. The van der Waals surface area contributed by atoms with Gasteiger partial charge >= 0.3 is 0 Å². The third kappa shape index (κ3) is 2.34. The van der Waals surface area contributed by atoms with Crippen LogP contribution in [0.15, 0.2) is 12.1 Å². The smallest absolute Gasteiger partial charge is 0.259 e. The maximum atomic E-state index is 11.6. The molecule has 0 aliphatic carbocycles. The highest BCUT2D eigenvalue weighted by molar-refractivity contribution is 6.00.